The van der Waals surface area contributed by atoms with Crippen molar-refractivity contribution < 1.29 is 22.3 Å². The highest BCUT2D eigenvalue weighted by Gasteiger charge is 2.51. The van der Waals surface area contributed by atoms with E-state index in [1.54, 1.807) is 30.3 Å². The van der Waals surface area contributed by atoms with E-state index in [1.807, 2.05) is 0 Å². The summed E-state index contributed by atoms with van der Waals surface area (Å²) in [6, 6.07) is 16.4. The van der Waals surface area contributed by atoms with Gasteiger partial charge < -0.3 is 10.1 Å². The molecule has 0 radical (unpaired) electrons. The molecule has 1 aliphatic carbocycles. The lowest BCUT2D eigenvalue weighted by Gasteiger charge is -2.17. The molecule has 0 heterocycles. The van der Waals surface area contributed by atoms with Gasteiger partial charge in [0.15, 0.2) is 0 Å². The van der Waals surface area contributed by atoms with Crippen LogP contribution in [-0.2, 0) is 20.2 Å². The number of amides is 1. The van der Waals surface area contributed by atoms with E-state index in [2.05, 4.69) is 10.0 Å². The number of rotatable bonds is 7. The Morgan fingerprint density at radius 1 is 1.00 bits per heavy atom. The van der Waals surface area contributed by atoms with Crippen LogP contribution in [-0.4, -0.2) is 21.4 Å². The van der Waals surface area contributed by atoms with Gasteiger partial charge in [-0.1, -0.05) is 23.7 Å². The van der Waals surface area contributed by atoms with Crippen molar-refractivity contribution in [3.8, 4) is 5.75 Å². The zero-order chi connectivity index (χ0) is 22.9. The third-order valence-electron chi connectivity index (χ3n) is 5.39. The summed E-state index contributed by atoms with van der Waals surface area (Å²) in [5.41, 5.74) is 0.621. The van der Waals surface area contributed by atoms with Crippen LogP contribution in [0.3, 0.4) is 0 Å². The molecule has 0 unspecified atom stereocenters. The van der Waals surface area contributed by atoms with E-state index >= 15 is 0 Å². The average molecular weight is 475 g/mol. The fourth-order valence-electron chi connectivity index (χ4n) is 3.48. The average Bonchev–Trinajstić information content (AvgIpc) is 3.58. The van der Waals surface area contributed by atoms with Gasteiger partial charge in [-0.2, -0.15) is 0 Å². The molecule has 3 aromatic rings. The van der Waals surface area contributed by atoms with Crippen molar-refractivity contribution in [3.63, 3.8) is 0 Å². The van der Waals surface area contributed by atoms with Gasteiger partial charge in [0.05, 0.1) is 12.5 Å². The van der Waals surface area contributed by atoms with Crippen molar-refractivity contribution in [2.24, 2.45) is 0 Å². The molecule has 0 aromatic heterocycles. The molecular formula is C23H20ClFN2O4S. The lowest BCUT2D eigenvalue weighted by molar-refractivity contribution is -0.118. The summed E-state index contributed by atoms with van der Waals surface area (Å²) in [5.74, 6) is -0.518. The van der Waals surface area contributed by atoms with Gasteiger partial charge in [0.25, 0.3) is 10.0 Å². The van der Waals surface area contributed by atoms with Gasteiger partial charge in [-0.25, -0.2) is 12.8 Å². The van der Waals surface area contributed by atoms with Crippen LogP contribution >= 0.6 is 11.6 Å². The second kappa shape index (κ2) is 8.44. The van der Waals surface area contributed by atoms with E-state index in [1.165, 1.54) is 43.5 Å². The summed E-state index contributed by atoms with van der Waals surface area (Å²) in [4.78, 5) is 12.9. The smallest absolute Gasteiger partial charge is 0.265 e. The summed E-state index contributed by atoms with van der Waals surface area (Å²) in [6.45, 7) is 0. The molecule has 1 saturated carbocycles. The quantitative estimate of drug-likeness (QED) is 0.507. The summed E-state index contributed by atoms with van der Waals surface area (Å²) in [7, 11) is -2.65. The number of carbonyl (C=O) groups excluding carboxylic acids is 1. The zero-order valence-corrected chi connectivity index (χ0v) is 18.6. The molecule has 1 amide bonds. The lowest BCUT2D eigenvalue weighted by Crippen LogP contribution is -2.28. The molecular weight excluding hydrogens is 455 g/mol. The normalized spacial score (nSPS) is 14.5. The Hall–Kier alpha value is -3.10. The van der Waals surface area contributed by atoms with Crippen LogP contribution in [0.15, 0.2) is 71.6 Å². The van der Waals surface area contributed by atoms with E-state index in [0.29, 0.717) is 29.2 Å². The molecule has 0 atom stereocenters. The lowest BCUT2D eigenvalue weighted by atomic mass is 9.95. The van der Waals surface area contributed by atoms with Crippen molar-refractivity contribution in [3.05, 3.63) is 83.1 Å². The fourth-order valence-corrected chi connectivity index (χ4v) is 4.86. The molecule has 1 aliphatic rings. The predicted molar refractivity (Wildman–Crippen MR) is 121 cm³/mol. The molecule has 9 heteroatoms. The van der Waals surface area contributed by atoms with Crippen LogP contribution in [0.2, 0.25) is 5.02 Å². The first-order chi connectivity index (χ1) is 15.2. The van der Waals surface area contributed by atoms with Crippen LogP contribution in [0.1, 0.15) is 18.4 Å². The Morgan fingerprint density at radius 2 is 1.62 bits per heavy atom. The largest absolute Gasteiger partial charge is 0.495 e. The van der Waals surface area contributed by atoms with Crippen LogP contribution in [0.4, 0.5) is 15.8 Å². The first-order valence-corrected chi connectivity index (χ1v) is 11.6. The standard InChI is InChI=1S/C23H20ClFN2O4S/c1-31-20-11-10-19(14-21(20)32(29,30)27-18-8-4-16(24)5-9-18)26-22(28)23(12-13-23)15-2-6-17(25)7-3-15/h2-11,14,27H,12-13H2,1H3,(H,26,28). The monoisotopic (exact) mass is 474 g/mol. The number of halogens is 2. The number of anilines is 2. The Bertz CT molecular complexity index is 1260. The maximum atomic E-state index is 13.3. The van der Waals surface area contributed by atoms with Crippen molar-refractivity contribution in [2.75, 3.05) is 17.1 Å². The molecule has 6 nitrogen and oxygen atoms in total. The molecule has 1 fully saturated rings. The molecule has 4 rings (SSSR count). The highest BCUT2D eigenvalue weighted by Crippen LogP contribution is 2.49. The molecule has 3 aromatic carbocycles. The predicted octanol–water partition coefficient (Wildman–Crippen LogP) is 4.96. The number of ether oxygens (including phenoxy) is 1. The van der Waals surface area contributed by atoms with Gasteiger partial charge in [-0.3, -0.25) is 9.52 Å². The summed E-state index contributed by atoms with van der Waals surface area (Å²) >= 11 is 5.85. The summed E-state index contributed by atoms with van der Waals surface area (Å²) in [5, 5.41) is 3.27. The molecule has 166 valence electrons. The number of hydrogen-bond donors (Lipinski definition) is 2. The number of hydrogen-bond acceptors (Lipinski definition) is 4. The number of nitrogens with one attached hydrogen (secondary N) is 2. The Labute approximate surface area is 190 Å². The minimum absolute atomic E-state index is 0.126. The maximum absolute atomic E-state index is 13.3. The Balaban J connectivity index is 1.60. The first kappa shape index (κ1) is 22.1. The highest BCUT2D eigenvalue weighted by atomic mass is 35.5. The van der Waals surface area contributed by atoms with E-state index in [0.717, 1.165) is 5.56 Å². The molecule has 0 spiro atoms. The van der Waals surface area contributed by atoms with E-state index in [4.69, 9.17) is 16.3 Å². The molecule has 32 heavy (non-hydrogen) atoms. The molecule has 2 N–H and O–H groups in total. The fraction of sp³-hybridized carbons (Fsp3) is 0.174. The third-order valence-corrected chi connectivity index (χ3v) is 7.04. The van der Waals surface area contributed by atoms with E-state index in [9.17, 15) is 17.6 Å². The van der Waals surface area contributed by atoms with Crippen molar-refractivity contribution >= 4 is 38.9 Å². The SMILES string of the molecule is COc1ccc(NC(=O)C2(c3ccc(F)cc3)CC2)cc1S(=O)(=O)Nc1ccc(Cl)cc1. The first-order valence-electron chi connectivity index (χ1n) is 9.77. The van der Waals surface area contributed by atoms with Gasteiger partial charge in [0.2, 0.25) is 5.91 Å². The van der Waals surface area contributed by atoms with Gasteiger partial charge in [-0.05, 0) is 73.0 Å². The Kier molecular flexibility index (Phi) is 5.83. The van der Waals surface area contributed by atoms with Gasteiger partial charge >= 0.3 is 0 Å². The second-order valence-electron chi connectivity index (χ2n) is 7.52. The van der Waals surface area contributed by atoms with Gasteiger partial charge in [0, 0.05) is 16.4 Å². The number of methoxy groups -OCH3 is 1. The third kappa shape index (κ3) is 4.42. The minimum atomic E-state index is -4.02. The van der Waals surface area contributed by atoms with Crippen LogP contribution < -0.4 is 14.8 Å². The second-order valence-corrected chi connectivity index (χ2v) is 9.61. The zero-order valence-electron chi connectivity index (χ0n) is 17.1. The van der Waals surface area contributed by atoms with Crippen LogP contribution in [0.25, 0.3) is 0 Å². The number of sulfonamides is 1. The summed E-state index contributed by atoms with van der Waals surface area (Å²) in [6.07, 6.45) is 1.26. The molecule has 0 bridgehead atoms. The van der Waals surface area contributed by atoms with Crippen molar-refractivity contribution in [1.82, 2.24) is 0 Å². The molecule has 0 saturated heterocycles. The Morgan fingerprint density at radius 3 is 2.22 bits per heavy atom. The van der Waals surface area contributed by atoms with Crippen LogP contribution in [0.5, 0.6) is 5.75 Å². The minimum Gasteiger partial charge on any atom is -0.495 e. The maximum Gasteiger partial charge on any atom is 0.265 e. The van der Waals surface area contributed by atoms with E-state index in [-0.39, 0.29) is 22.4 Å². The van der Waals surface area contributed by atoms with Gasteiger partial charge in [-0.15, -0.1) is 0 Å². The summed E-state index contributed by atoms with van der Waals surface area (Å²) < 4.78 is 47.0. The van der Waals surface area contributed by atoms with E-state index < -0.39 is 15.4 Å². The highest BCUT2D eigenvalue weighted by molar-refractivity contribution is 7.92. The molecule has 0 aliphatic heterocycles. The number of benzene rings is 3. The topological polar surface area (TPSA) is 84.5 Å². The van der Waals surface area contributed by atoms with Gasteiger partial charge in [0.1, 0.15) is 16.5 Å². The van der Waals surface area contributed by atoms with Crippen molar-refractivity contribution in [2.45, 2.75) is 23.2 Å². The number of carbonyl (C=O) groups is 1. The van der Waals surface area contributed by atoms with Crippen LogP contribution in [0, 0.1) is 5.82 Å². The van der Waals surface area contributed by atoms with Crippen molar-refractivity contribution in [1.29, 1.82) is 0 Å².